The lowest BCUT2D eigenvalue weighted by Crippen LogP contribution is -2.28. The van der Waals surface area contributed by atoms with Crippen LogP contribution in [0.25, 0.3) is 11.1 Å². The largest absolute Gasteiger partial charge is 0.494 e. The summed E-state index contributed by atoms with van der Waals surface area (Å²) in [6.45, 7) is 2.96. The van der Waals surface area contributed by atoms with E-state index in [-0.39, 0.29) is 5.56 Å². The summed E-state index contributed by atoms with van der Waals surface area (Å²) in [5.41, 5.74) is 3.71. The van der Waals surface area contributed by atoms with Crippen LogP contribution in [0, 0.1) is 5.92 Å². The summed E-state index contributed by atoms with van der Waals surface area (Å²) in [6, 6.07) is 30.1. The molecule has 1 aliphatic rings. The Balaban J connectivity index is 1.40. The number of esters is 1. The van der Waals surface area contributed by atoms with Crippen molar-refractivity contribution in [3.05, 3.63) is 114 Å². The zero-order valence-corrected chi connectivity index (χ0v) is 23.8. The fourth-order valence-corrected chi connectivity index (χ4v) is 5.09. The van der Waals surface area contributed by atoms with Gasteiger partial charge in [-0.2, -0.15) is 0 Å². The number of benzene rings is 4. The molecule has 7 nitrogen and oxygen atoms in total. The van der Waals surface area contributed by atoms with Crippen molar-refractivity contribution in [2.45, 2.75) is 25.9 Å². The zero-order chi connectivity index (χ0) is 29.1. The molecule has 0 saturated carbocycles. The zero-order valence-electron chi connectivity index (χ0n) is 23.8. The van der Waals surface area contributed by atoms with E-state index in [0.29, 0.717) is 41.9 Å². The monoisotopic (exact) mass is 564 g/mol. The van der Waals surface area contributed by atoms with E-state index in [1.807, 2.05) is 72.8 Å². The van der Waals surface area contributed by atoms with E-state index < -0.39 is 11.9 Å². The fraction of sp³-hybridized carbons (Fsp3) is 0.257. The highest BCUT2D eigenvalue weighted by atomic mass is 16.5. The van der Waals surface area contributed by atoms with Gasteiger partial charge >= 0.3 is 5.97 Å². The highest BCUT2D eigenvalue weighted by molar-refractivity contribution is 6.10. The van der Waals surface area contributed by atoms with Crippen LogP contribution in [-0.4, -0.2) is 38.7 Å². The number of amides is 1. The molecule has 4 aromatic carbocycles. The Morgan fingerprint density at radius 3 is 2.29 bits per heavy atom. The Labute approximate surface area is 246 Å². The van der Waals surface area contributed by atoms with Crippen LogP contribution in [-0.2, 0) is 11.3 Å². The normalized spacial score (nSPS) is 13.3. The van der Waals surface area contributed by atoms with Gasteiger partial charge in [-0.1, -0.05) is 66.7 Å². The molecule has 1 saturated heterocycles. The Bertz CT molecular complexity index is 1480. The van der Waals surface area contributed by atoms with Crippen molar-refractivity contribution in [1.82, 2.24) is 5.32 Å². The number of hydrogen-bond acceptors (Lipinski definition) is 6. The van der Waals surface area contributed by atoms with Gasteiger partial charge in [0.05, 0.1) is 30.5 Å². The van der Waals surface area contributed by atoms with Crippen LogP contribution in [0.1, 0.15) is 45.5 Å². The molecule has 2 N–H and O–H groups in total. The Hall–Kier alpha value is -4.62. The number of rotatable bonds is 11. The van der Waals surface area contributed by atoms with E-state index in [2.05, 4.69) is 10.6 Å². The van der Waals surface area contributed by atoms with Crippen molar-refractivity contribution in [2.24, 2.45) is 5.92 Å². The van der Waals surface area contributed by atoms with Crippen molar-refractivity contribution in [3.8, 4) is 22.6 Å². The van der Waals surface area contributed by atoms with Gasteiger partial charge in [-0.25, -0.2) is 4.79 Å². The molecule has 0 aliphatic carbocycles. The standard InChI is InChI=1S/C35H36N2O5/c1-40-35(39)30-14-12-28(27-10-6-3-7-11-27)22-32(30)37-34(38)31-23-29(41-21-18-25-16-19-36-20-17-25)13-15-33(31)42-24-26-8-4-2-5-9-26/h2-15,22-23,25,36H,16-21,24H2,1H3,(H,37,38). The van der Waals surface area contributed by atoms with Gasteiger partial charge in [0.1, 0.15) is 18.1 Å². The van der Waals surface area contributed by atoms with E-state index in [1.54, 1.807) is 24.3 Å². The molecule has 0 atom stereocenters. The van der Waals surface area contributed by atoms with Crippen LogP contribution in [0.15, 0.2) is 97.1 Å². The number of hydrogen-bond donors (Lipinski definition) is 2. The summed E-state index contributed by atoms with van der Waals surface area (Å²) in [4.78, 5) is 26.4. The second kappa shape index (κ2) is 14.3. The number of carbonyl (C=O) groups excluding carboxylic acids is 2. The molecule has 0 aromatic heterocycles. The van der Waals surface area contributed by atoms with E-state index in [4.69, 9.17) is 14.2 Å². The van der Waals surface area contributed by atoms with Crippen LogP contribution in [0.2, 0.25) is 0 Å². The van der Waals surface area contributed by atoms with Crippen molar-refractivity contribution in [1.29, 1.82) is 0 Å². The minimum atomic E-state index is -0.541. The van der Waals surface area contributed by atoms with Gasteiger partial charge < -0.3 is 24.8 Å². The SMILES string of the molecule is COC(=O)c1ccc(-c2ccccc2)cc1NC(=O)c1cc(OCCC2CCNCC2)ccc1OCc1ccccc1. The number of carbonyl (C=O) groups is 2. The Morgan fingerprint density at radius 1 is 0.810 bits per heavy atom. The number of ether oxygens (including phenoxy) is 3. The predicted octanol–water partition coefficient (Wildman–Crippen LogP) is 6.74. The van der Waals surface area contributed by atoms with Gasteiger partial charge in [-0.05, 0) is 85.3 Å². The van der Waals surface area contributed by atoms with Gasteiger partial charge in [0.25, 0.3) is 5.91 Å². The highest BCUT2D eigenvalue weighted by Gasteiger charge is 2.20. The molecule has 0 bridgehead atoms. The van der Waals surface area contributed by atoms with Gasteiger partial charge in [0, 0.05) is 0 Å². The number of nitrogens with one attached hydrogen (secondary N) is 2. The van der Waals surface area contributed by atoms with Gasteiger partial charge in [0.2, 0.25) is 0 Å². The van der Waals surface area contributed by atoms with E-state index in [1.165, 1.54) is 7.11 Å². The van der Waals surface area contributed by atoms with Crippen LogP contribution >= 0.6 is 0 Å². The fourth-order valence-electron chi connectivity index (χ4n) is 5.09. The molecule has 0 spiro atoms. The molecule has 216 valence electrons. The molecule has 0 radical (unpaired) electrons. The van der Waals surface area contributed by atoms with Gasteiger partial charge in [-0.3, -0.25) is 4.79 Å². The summed E-state index contributed by atoms with van der Waals surface area (Å²) >= 11 is 0. The van der Waals surface area contributed by atoms with E-state index >= 15 is 0 Å². The lowest BCUT2D eigenvalue weighted by molar-refractivity contribution is 0.0602. The topological polar surface area (TPSA) is 85.9 Å². The molecule has 1 heterocycles. The first-order valence-corrected chi connectivity index (χ1v) is 14.3. The second-order valence-electron chi connectivity index (χ2n) is 10.3. The third-order valence-electron chi connectivity index (χ3n) is 7.47. The molecular formula is C35H36N2O5. The average Bonchev–Trinajstić information content (AvgIpc) is 3.05. The van der Waals surface area contributed by atoms with Crippen LogP contribution in [0.4, 0.5) is 5.69 Å². The lowest BCUT2D eigenvalue weighted by Gasteiger charge is -2.22. The van der Waals surface area contributed by atoms with E-state index in [0.717, 1.165) is 49.0 Å². The molecular weight excluding hydrogens is 528 g/mol. The molecule has 1 amide bonds. The minimum Gasteiger partial charge on any atom is -0.494 e. The number of piperidine rings is 1. The van der Waals surface area contributed by atoms with Crippen LogP contribution < -0.4 is 20.1 Å². The minimum absolute atomic E-state index is 0.256. The molecule has 1 aliphatic heterocycles. The van der Waals surface area contributed by atoms with Crippen molar-refractivity contribution in [2.75, 3.05) is 32.1 Å². The first-order chi connectivity index (χ1) is 20.6. The maximum absolute atomic E-state index is 13.8. The third kappa shape index (κ3) is 7.56. The Kier molecular flexibility index (Phi) is 9.86. The highest BCUT2D eigenvalue weighted by Crippen LogP contribution is 2.30. The molecule has 42 heavy (non-hydrogen) atoms. The average molecular weight is 565 g/mol. The first kappa shape index (κ1) is 28.9. The summed E-state index contributed by atoms with van der Waals surface area (Å²) in [7, 11) is 1.32. The maximum Gasteiger partial charge on any atom is 0.339 e. The lowest BCUT2D eigenvalue weighted by atomic mass is 9.95. The number of methoxy groups -OCH3 is 1. The summed E-state index contributed by atoms with van der Waals surface area (Å²) < 4.78 is 17.2. The van der Waals surface area contributed by atoms with Crippen molar-refractivity contribution < 1.29 is 23.8 Å². The second-order valence-corrected chi connectivity index (χ2v) is 10.3. The van der Waals surface area contributed by atoms with Gasteiger partial charge in [0.15, 0.2) is 0 Å². The Morgan fingerprint density at radius 2 is 1.55 bits per heavy atom. The molecule has 0 unspecified atom stereocenters. The van der Waals surface area contributed by atoms with E-state index in [9.17, 15) is 9.59 Å². The summed E-state index contributed by atoms with van der Waals surface area (Å²) in [6.07, 6.45) is 3.26. The smallest absolute Gasteiger partial charge is 0.339 e. The van der Waals surface area contributed by atoms with Crippen molar-refractivity contribution >= 4 is 17.6 Å². The molecule has 7 heteroatoms. The summed E-state index contributed by atoms with van der Waals surface area (Å²) in [5.74, 6) is 0.682. The van der Waals surface area contributed by atoms with Crippen LogP contribution in [0.3, 0.4) is 0 Å². The predicted molar refractivity (Wildman–Crippen MR) is 164 cm³/mol. The molecule has 1 fully saturated rings. The molecule has 4 aromatic rings. The third-order valence-corrected chi connectivity index (χ3v) is 7.47. The van der Waals surface area contributed by atoms with Crippen LogP contribution in [0.5, 0.6) is 11.5 Å². The molecule has 5 rings (SSSR count). The number of anilines is 1. The first-order valence-electron chi connectivity index (χ1n) is 14.3. The quantitative estimate of drug-likeness (QED) is 0.196. The maximum atomic E-state index is 13.8. The summed E-state index contributed by atoms with van der Waals surface area (Å²) in [5, 5.41) is 6.34. The van der Waals surface area contributed by atoms with Crippen molar-refractivity contribution in [3.63, 3.8) is 0 Å². The van der Waals surface area contributed by atoms with Gasteiger partial charge in [-0.15, -0.1) is 0 Å².